The Balaban J connectivity index is 2.05. The molecule has 108 valence electrons. The Bertz CT molecular complexity index is 236. The van der Waals surface area contributed by atoms with Gasteiger partial charge in [0.05, 0.1) is 0 Å². The first-order chi connectivity index (χ1) is 8.20. The molecular formula is C17H36Si. The largest absolute Gasteiger partial charge is 0.0625 e. The molecule has 0 heterocycles. The number of hydrogen-bond donors (Lipinski definition) is 0. The van der Waals surface area contributed by atoms with Gasteiger partial charge in [-0.15, -0.1) is 0 Å². The first-order valence-electron chi connectivity index (χ1n) is 8.20. The molecule has 0 radical (unpaired) electrons. The SMILES string of the molecule is CC1CC(C)(C)CC1[SiH2]CCCCCC(C)(C)C. The highest BCUT2D eigenvalue weighted by Gasteiger charge is 2.35. The zero-order valence-electron chi connectivity index (χ0n) is 13.8. The van der Waals surface area contributed by atoms with Gasteiger partial charge in [-0.1, -0.05) is 66.8 Å². The lowest BCUT2D eigenvalue weighted by Gasteiger charge is -2.18. The van der Waals surface area contributed by atoms with Gasteiger partial charge in [-0.05, 0) is 41.6 Å². The molecule has 1 aliphatic carbocycles. The maximum Gasteiger partial charge on any atom is 0.0235 e. The Kier molecular flexibility index (Phi) is 5.96. The molecule has 1 rings (SSSR count). The first kappa shape index (κ1) is 16.3. The molecule has 1 heteroatoms. The van der Waals surface area contributed by atoms with Crippen LogP contribution in [0.25, 0.3) is 0 Å². The van der Waals surface area contributed by atoms with E-state index < -0.39 is 0 Å². The van der Waals surface area contributed by atoms with Crippen molar-refractivity contribution < 1.29 is 0 Å². The van der Waals surface area contributed by atoms with Crippen LogP contribution in [-0.2, 0) is 0 Å². The molecule has 0 bridgehead atoms. The van der Waals surface area contributed by atoms with Crippen LogP contribution in [0.4, 0.5) is 0 Å². The Hall–Kier alpha value is 0.217. The van der Waals surface area contributed by atoms with Crippen LogP contribution in [-0.4, -0.2) is 9.52 Å². The molecule has 0 aromatic carbocycles. The lowest BCUT2D eigenvalue weighted by atomic mass is 9.90. The summed E-state index contributed by atoms with van der Waals surface area (Å²) in [6.07, 6.45) is 8.86. The molecular weight excluding hydrogens is 232 g/mol. The van der Waals surface area contributed by atoms with E-state index in [4.69, 9.17) is 0 Å². The third-order valence-electron chi connectivity index (χ3n) is 4.75. The molecule has 1 saturated carbocycles. The predicted molar refractivity (Wildman–Crippen MR) is 87.2 cm³/mol. The second-order valence-electron chi connectivity index (χ2n) is 8.82. The molecule has 2 atom stereocenters. The summed E-state index contributed by atoms with van der Waals surface area (Å²) in [7, 11) is 0.209. The summed E-state index contributed by atoms with van der Waals surface area (Å²) in [4.78, 5) is 0. The molecule has 18 heavy (non-hydrogen) atoms. The van der Waals surface area contributed by atoms with E-state index in [1.54, 1.807) is 6.04 Å². The van der Waals surface area contributed by atoms with Crippen molar-refractivity contribution in [3.05, 3.63) is 0 Å². The van der Waals surface area contributed by atoms with E-state index in [0.717, 1.165) is 11.5 Å². The van der Waals surface area contributed by atoms with Gasteiger partial charge in [0.1, 0.15) is 0 Å². The second kappa shape index (κ2) is 6.59. The summed E-state index contributed by atoms with van der Waals surface area (Å²) < 4.78 is 0. The zero-order chi connectivity index (χ0) is 13.8. The fraction of sp³-hybridized carbons (Fsp3) is 1.00. The monoisotopic (exact) mass is 268 g/mol. The van der Waals surface area contributed by atoms with E-state index in [0.29, 0.717) is 10.8 Å². The summed E-state index contributed by atoms with van der Waals surface area (Å²) in [5, 5.41) is 0. The standard InChI is InChI=1S/C17H36Si/c1-14-12-17(5,6)13-15(14)18-11-9-7-8-10-16(2,3)4/h14-15H,7-13,18H2,1-6H3. The van der Waals surface area contributed by atoms with Crippen molar-refractivity contribution in [3.8, 4) is 0 Å². The third kappa shape index (κ3) is 6.40. The minimum absolute atomic E-state index is 0.209. The van der Waals surface area contributed by atoms with Crippen molar-refractivity contribution in [2.75, 3.05) is 0 Å². The van der Waals surface area contributed by atoms with Crippen LogP contribution in [0.5, 0.6) is 0 Å². The smallest absolute Gasteiger partial charge is 0.0235 e. The van der Waals surface area contributed by atoms with E-state index in [-0.39, 0.29) is 9.52 Å². The van der Waals surface area contributed by atoms with Gasteiger partial charge >= 0.3 is 0 Å². The molecule has 0 saturated heterocycles. The van der Waals surface area contributed by atoms with Crippen molar-refractivity contribution in [1.29, 1.82) is 0 Å². The highest BCUT2D eigenvalue weighted by Crippen LogP contribution is 2.48. The van der Waals surface area contributed by atoms with Crippen LogP contribution < -0.4 is 0 Å². The van der Waals surface area contributed by atoms with Crippen LogP contribution in [0, 0.1) is 16.7 Å². The highest BCUT2D eigenvalue weighted by molar-refractivity contribution is 6.37. The highest BCUT2D eigenvalue weighted by atomic mass is 28.2. The normalized spacial score (nSPS) is 28.3. The third-order valence-corrected chi connectivity index (χ3v) is 7.49. The van der Waals surface area contributed by atoms with Crippen molar-refractivity contribution >= 4 is 9.52 Å². The average Bonchev–Trinajstić information content (AvgIpc) is 2.44. The summed E-state index contributed by atoms with van der Waals surface area (Å²) in [5.74, 6) is 1.03. The fourth-order valence-corrected chi connectivity index (χ4v) is 6.72. The van der Waals surface area contributed by atoms with Gasteiger partial charge in [-0.25, -0.2) is 0 Å². The number of rotatable bonds is 6. The van der Waals surface area contributed by atoms with Crippen LogP contribution >= 0.6 is 0 Å². The average molecular weight is 269 g/mol. The van der Waals surface area contributed by atoms with Crippen LogP contribution in [0.3, 0.4) is 0 Å². The summed E-state index contributed by atoms with van der Waals surface area (Å²) in [6.45, 7) is 14.5. The van der Waals surface area contributed by atoms with Gasteiger partial charge in [-0.3, -0.25) is 0 Å². The summed E-state index contributed by atoms with van der Waals surface area (Å²) in [6, 6.07) is 1.61. The van der Waals surface area contributed by atoms with Crippen molar-refractivity contribution in [1.82, 2.24) is 0 Å². The minimum atomic E-state index is 0.209. The zero-order valence-corrected chi connectivity index (χ0v) is 15.2. The van der Waals surface area contributed by atoms with Crippen molar-refractivity contribution in [2.45, 2.75) is 91.7 Å². The molecule has 0 spiro atoms. The predicted octanol–water partition coefficient (Wildman–Crippen LogP) is 5.42. The van der Waals surface area contributed by atoms with E-state index in [1.165, 1.54) is 38.5 Å². The maximum absolute atomic E-state index is 2.51. The lowest BCUT2D eigenvalue weighted by Crippen LogP contribution is -2.07. The summed E-state index contributed by atoms with van der Waals surface area (Å²) >= 11 is 0. The van der Waals surface area contributed by atoms with Crippen LogP contribution in [0.2, 0.25) is 11.6 Å². The molecule has 0 aliphatic heterocycles. The minimum Gasteiger partial charge on any atom is -0.0625 e. The quantitative estimate of drug-likeness (QED) is 0.445. The molecule has 0 amide bonds. The van der Waals surface area contributed by atoms with E-state index in [9.17, 15) is 0 Å². The summed E-state index contributed by atoms with van der Waals surface area (Å²) in [5.41, 5.74) is 2.35. The molecule has 0 aromatic rings. The molecule has 2 unspecified atom stereocenters. The van der Waals surface area contributed by atoms with Crippen LogP contribution in [0.15, 0.2) is 0 Å². The Morgan fingerprint density at radius 2 is 1.72 bits per heavy atom. The molecule has 1 fully saturated rings. The molecule has 0 N–H and O–H groups in total. The first-order valence-corrected chi connectivity index (χ1v) is 10.0. The lowest BCUT2D eigenvalue weighted by molar-refractivity contribution is 0.359. The van der Waals surface area contributed by atoms with E-state index >= 15 is 0 Å². The topological polar surface area (TPSA) is 0 Å². The molecule has 0 aromatic heterocycles. The van der Waals surface area contributed by atoms with E-state index in [1.807, 2.05) is 0 Å². The number of hydrogen-bond acceptors (Lipinski definition) is 0. The van der Waals surface area contributed by atoms with E-state index in [2.05, 4.69) is 41.5 Å². The van der Waals surface area contributed by atoms with Gasteiger partial charge < -0.3 is 0 Å². The molecule has 1 aliphatic rings. The molecule has 0 nitrogen and oxygen atoms in total. The Labute approximate surface area is 118 Å². The Morgan fingerprint density at radius 1 is 1.06 bits per heavy atom. The fourth-order valence-electron chi connectivity index (χ4n) is 3.83. The van der Waals surface area contributed by atoms with Crippen molar-refractivity contribution in [2.24, 2.45) is 16.7 Å². The van der Waals surface area contributed by atoms with Crippen LogP contribution in [0.1, 0.15) is 80.1 Å². The second-order valence-corrected chi connectivity index (χ2v) is 11.2. The van der Waals surface area contributed by atoms with Gasteiger partial charge in [0.25, 0.3) is 0 Å². The van der Waals surface area contributed by atoms with Gasteiger partial charge in [-0.2, -0.15) is 0 Å². The van der Waals surface area contributed by atoms with Gasteiger partial charge in [0, 0.05) is 9.52 Å². The Morgan fingerprint density at radius 3 is 2.22 bits per heavy atom. The maximum atomic E-state index is 2.51. The van der Waals surface area contributed by atoms with Gasteiger partial charge in [0.2, 0.25) is 0 Å². The number of unbranched alkanes of at least 4 members (excludes halogenated alkanes) is 2. The van der Waals surface area contributed by atoms with Gasteiger partial charge in [0.15, 0.2) is 0 Å². The van der Waals surface area contributed by atoms with Crippen molar-refractivity contribution in [3.63, 3.8) is 0 Å².